The van der Waals surface area contributed by atoms with Crippen molar-refractivity contribution < 1.29 is 9.53 Å². The number of amides is 1. The van der Waals surface area contributed by atoms with Crippen molar-refractivity contribution in [3.63, 3.8) is 0 Å². The van der Waals surface area contributed by atoms with E-state index in [0.717, 1.165) is 70.4 Å². The number of piperidine rings is 1. The quantitative estimate of drug-likeness (QED) is 0.784. The molecule has 0 aromatic carbocycles. The van der Waals surface area contributed by atoms with Gasteiger partial charge in [0.25, 0.3) is 5.91 Å². The lowest BCUT2D eigenvalue weighted by Crippen LogP contribution is -2.49. The van der Waals surface area contributed by atoms with Crippen LogP contribution >= 0.6 is 0 Å². The molecule has 8 heteroatoms. The van der Waals surface area contributed by atoms with Crippen molar-refractivity contribution in [1.82, 2.24) is 29.4 Å². The first-order chi connectivity index (χ1) is 14.0. The normalized spacial score (nSPS) is 21.7. The Morgan fingerprint density at radius 1 is 1.17 bits per heavy atom. The number of rotatable bonds is 3. The molecule has 156 valence electrons. The van der Waals surface area contributed by atoms with Gasteiger partial charge in [-0.15, -0.1) is 0 Å². The second kappa shape index (κ2) is 7.25. The van der Waals surface area contributed by atoms with Crippen LogP contribution in [-0.2, 0) is 38.4 Å². The van der Waals surface area contributed by atoms with Gasteiger partial charge in [-0.05, 0) is 25.7 Å². The summed E-state index contributed by atoms with van der Waals surface area (Å²) in [7, 11) is 3.93. The molecule has 8 nitrogen and oxygen atoms in total. The molecule has 29 heavy (non-hydrogen) atoms. The molecule has 0 atom stereocenters. The van der Waals surface area contributed by atoms with Crippen LogP contribution in [0, 0.1) is 0 Å². The Morgan fingerprint density at radius 3 is 2.62 bits per heavy atom. The smallest absolute Gasteiger partial charge is 0.274 e. The van der Waals surface area contributed by atoms with Crippen LogP contribution in [0.4, 0.5) is 0 Å². The molecule has 0 N–H and O–H groups in total. The molecule has 2 fully saturated rings. The summed E-state index contributed by atoms with van der Waals surface area (Å²) >= 11 is 0. The number of aryl methyl sites for hydroxylation is 2. The first kappa shape index (κ1) is 18.8. The zero-order chi connectivity index (χ0) is 20.0. The lowest BCUT2D eigenvalue weighted by atomic mass is 9.83. The fourth-order valence-electron chi connectivity index (χ4n) is 5.05. The minimum Gasteiger partial charge on any atom is -0.370 e. The predicted octanol–water partition coefficient (Wildman–Crippen LogP) is 1.50. The second-order valence-electron chi connectivity index (χ2n) is 8.84. The van der Waals surface area contributed by atoms with Crippen molar-refractivity contribution in [3.05, 3.63) is 34.9 Å². The zero-order valence-electron chi connectivity index (χ0n) is 17.4. The van der Waals surface area contributed by atoms with E-state index in [1.54, 1.807) is 0 Å². The molecule has 0 bridgehead atoms. The number of carbonyl (C=O) groups excluding carboxylic acids is 1. The van der Waals surface area contributed by atoms with Gasteiger partial charge >= 0.3 is 0 Å². The number of likely N-dealkylation sites (tertiary alicyclic amines) is 2. The molecule has 2 aromatic rings. The first-order valence-corrected chi connectivity index (χ1v) is 10.7. The molecule has 3 aliphatic heterocycles. The highest BCUT2D eigenvalue weighted by Crippen LogP contribution is 2.37. The van der Waals surface area contributed by atoms with Crippen LogP contribution in [0.15, 0.2) is 12.4 Å². The summed E-state index contributed by atoms with van der Waals surface area (Å²) < 4.78 is 10.2. The van der Waals surface area contributed by atoms with Crippen LogP contribution < -0.4 is 0 Å². The summed E-state index contributed by atoms with van der Waals surface area (Å²) in [6.45, 7) is 5.17. The van der Waals surface area contributed by atoms with Gasteiger partial charge in [0.05, 0.1) is 18.4 Å². The molecule has 2 saturated heterocycles. The average Bonchev–Trinajstić information content (AvgIpc) is 3.45. The summed E-state index contributed by atoms with van der Waals surface area (Å²) in [5, 5.41) is 8.88. The average molecular weight is 399 g/mol. The third-order valence-corrected chi connectivity index (χ3v) is 6.81. The molecule has 2 aromatic heterocycles. The molecule has 0 unspecified atom stereocenters. The van der Waals surface area contributed by atoms with Crippen LogP contribution in [-0.4, -0.2) is 67.0 Å². The Hall–Kier alpha value is -2.19. The molecular weight excluding hydrogens is 368 g/mol. The van der Waals surface area contributed by atoms with Gasteiger partial charge in [0.1, 0.15) is 0 Å². The minimum absolute atomic E-state index is 0.0742. The van der Waals surface area contributed by atoms with Gasteiger partial charge in [-0.1, -0.05) is 0 Å². The molecule has 0 saturated carbocycles. The van der Waals surface area contributed by atoms with Crippen LogP contribution in [0.1, 0.15) is 53.0 Å². The summed E-state index contributed by atoms with van der Waals surface area (Å²) in [5.41, 5.74) is 3.92. The molecule has 1 spiro atoms. The standard InChI is InChI=1S/C21H30N6O2/c1-24-13-16(12-22-24)14-26-9-5-21(6-10-26)11-18-17(15-29-21)19(23-25(18)2)20(28)27-7-3-4-8-27/h12-13H,3-11,14-15H2,1-2H3. The van der Waals surface area contributed by atoms with E-state index in [1.165, 1.54) is 11.3 Å². The number of hydrogen-bond donors (Lipinski definition) is 0. The van der Waals surface area contributed by atoms with Crippen molar-refractivity contribution in [2.75, 3.05) is 26.2 Å². The molecule has 0 aliphatic carbocycles. The molecular formula is C21H30N6O2. The Labute approximate surface area is 171 Å². The van der Waals surface area contributed by atoms with E-state index in [1.807, 2.05) is 34.6 Å². The van der Waals surface area contributed by atoms with E-state index in [-0.39, 0.29) is 11.5 Å². The fourth-order valence-corrected chi connectivity index (χ4v) is 5.05. The largest absolute Gasteiger partial charge is 0.370 e. The van der Waals surface area contributed by atoms with Gasteiger partial charge in [-0.2, -0.15) is 10.2 Å². The highest BCUT2D eigenvalue weighted by atomic mass is 16.5. The van der Waals surface area contributed by atoms with Crippen LogP contribution in [0.5, 0.6) is 0 Å². The molecule has 5 heterocycles. The zero-order valence-corrected chi connectivity index (χ0v) is 17.4. The first-order valence-electron chi connectivity index (χ1n) is 10.7. The van der Waals surface area contributed by atoms with Crippen LogP contribution in [0.25, 0.3) is 0 Å². The summed E-state index contributed by atoms with van der Waals surface area (Å²) in [4.78, 5) is 17.3. The maximum absolute atomic E-state index is 12.9. The van der Waals surface area contributed by atoms with Gasteiger partial charge in [-0.3, -0.25) is 19.1 Å². The third kappa shape index (κ3) is 3.48. The predicted molar refractivity (Wildman–Crippen MR) is 107 cm³/mol. The van der Waals surface area contributed by atoms with Crippen molar-refractivity contribution >= 4 is 5.91 Å². The van der Waals surface area contributed by atoms with Crippen molar-refractivity contribution in [2.45, 2.75) is 50.9 Å². The summed E-state index contributed by atoms with van der Waals surface area (Å²) in [6, 6.07) is 0. The van der Waals surface area contributed by atoms with Gasteiger partial charge in [-0.25, -0.2) is 0 Å². The number of fused-ring (bicyclic) bond motifs is 1. The Bertz CT molecular complexity index is 902. The SMILES string of the molecule is Cn1cc(CN2CCC3(CC2)Cc2c(c(C(=O)N4CCCC4)nn2C)CO3)cn1. The number of carbonyl (C=O) groups is 1. The number of nitrogens with zero attached hydrogens (tertiary/aromatic N) is 6. The Balaban J connectivity index is 1.27. The van der Waals surface area contributed by atoms with Crippen molar-refractivity contribution in [2.24, 2.45) is 14.1 Å². The van der Waals surface area contributed by atoms with Crippen LogP contribution in [0.2, 0.25) is 0 Å². The van der Waals surface area contributed by atoms with Crippen LogP contribution in [0.3, 0.4) is 0 Å². The Kier molecular flexibility index (Phi) is 4.70. The molecule has 5 rings (SSSR count). The number of hydrogen-bond acceptors (Lipinski definition) is 5. The minimum atomic E-state index is -0.125. The second-order valence-corrected chi connectivity index (χ2v) is 8.84. The third-order valence-electron chi connectivity index (χ3n) is 6.81. The number of ether oxygens (including phenoxy) is 1. The Morgan fingerprint density at radius 2 is 1.93 bits per heavy atom. The van der Waals surface area contributed by atoms with E-state index in [4.69, 9.17) is 4.74 Å². The van der Waals surface area contributed by atoms with E-state index in [9.17, 15) is 4.79 Å². The van der Waals surface area contributed by atoms with Crippen molar-refractivity contribution in [3.8, 4) is 0 Å². The lowest BCUT2D eigenvalue weighted by Gasteiger charge is -2.43. The van der Waals surface area contributed by atoms with E-state index < -0.39 is 0 Å². The molecule has 1 amide bonds. The summed E-state index contributed by atoms with van der Waals surface area (Å²) in [5.74, 6) is 0.0742. The van der Waals surface area contributed by atoms with E-state index in [0.29, 0.717) is 12.3 Å². The highest BCUT2D eigenvalue weighted by molar-refractivity contribution is 5.94. The fraction of sp³-hybridized carbons (Fsp3) is 0.667. The highest BCUT2D eigenvalue weighted by Gasteiger charge is 2.42. The van der Waals surface area contributed by atoms with Gasteiger partial charge in [0, 0.05) is 76.3 Å². The maximum Gasteiger partial charge on any atom is 0.274 e. The molecule has 0 radical (unpaired) electrons. The monoisotopic (exact) mass is 398 g/mol. The van der Waals surface area contributed by atoms with Crippen molar-refractivity contribution in [1.29, 1.82) is 0 Å². The topological polar surface area (TPSA) is 68.4 Å². The van der Waals surface area contributed by atoms with Gasteiger partial charge in [0.15, 0.2) is 5.69 Å². The van der Waals surface area contributed by atoms with E-state index in [2.05, 4.69) is 21.3 Å². The van der Waals surface area contributed by atoms with Gasteiger partial charge < -0.3 is 9.64 Å². The van der Waals surface area contributed by atoms with Gasteiger partial charge in [0.2, 0.25) is 0 Å². The maximum atomic E-state index is 12.9. The van der Waals surface area contributed by atoms with E-state index >= 15 is 0 Å². The number of aromatic nitrogens is 4. The lowest BCUT2D eigenvalue weighted by molar-refractivity contribution is -0.104. The molecule has 3 aliphatic rings. The summed E-state index contributed by atoms with van der Waals surface area (Å²) in [6.07, 6.45) is 9.08.